The van der Waals surface area contributed by atoms with Crippen LogP contribution in [0.25, 0.3) is 0 Å². The average Bonchev–Trinajstić information content (AvgIpc) is 3.62. The highest BCUT2D eigenvalue weighted by atomic mass is 32.2. The zero-order valence-corrected chi connectivity index (χ0v) is 32.2. The van der Waals surface area contributed by atoms with Gasteiger partial charge in [-0.05, 0) is 12.1 Å². The number of carbonyl (C=O) groups excluding carboxylic acids is 8. The van der Waals surface area contributed by atoms with Gasteiger partial charge in [0.1, 0.15) is 17.1 Å². The van der Waals surface area contributed by atoms with Crippen molar-refractivity contribution in [1.29, 1.82) is 0 Å². The van der Waals surface area contributed by atoms with E-state index in [2.05, 4.69) is 6.58 Å². The molecule has 0 spiro atoms. The Hall–Kier alpha value is -4.84. The number of benzene rings is 1. The van der Waals surface area contributed by atoms with Gasteiger partial charge in [0.2, 0.25) is 0 Å². The van der Waals surface area contributed by atoms with Crippen LogP contribution in [0, 0.1) is 10.8 Å². The first-order chi connectivity index (χ1) is 24.7. The smallest absolute Gasteiger partial charge is 0.330 e. The van der Waals surface area contributed by atoms with Gasteiger partial charge in [0.25, 0.3) is 11.8 Å². The summed E-state index contributed by atoms with van der Waals surface area (Å²) in [5.74, 6) is -5.08. The Morgan fingerprint density at radius 1 is 0.660 bits per heavy atom. The van der Waals surface area contributed by atoms with E-state index in [1.165, 1.54) is 33.2 Å². The van der Waals surface area contributed by atoms with Gasteiger partial charge < -0.3 is 28.4 Å². The first-order valence-corrected chi connectivity index (χ1v) is 17.8. The molecular formula is C35H42N2O14S2. The first kappa shape index (κ1) is 42.6. The monoisotopic (exact) mass is 778 g/mol. The Labute approximate surface area is 314 Å². The maximum atomic E-state index is 12.9. The van der Waals surface area contributed by atoms with Crippen LogP contribution < -0.4 is 9.47 Å². The third-order valence-electron chi connectivity index (χ3n) is 7.30. The predicted octanol–water partition coefficient (Wildman–Crippen LogP) is 3.74. The van der Waals surface area contributed by atoms with Crippen molar-refractivity contribution in [3.8, 4) is 11.5 Å². The maximum absolute atomic E-state index is 12.9. The predicted molar refractivity (Wildman–Crippen MR) is 188 cm³/mol. The number of thioether (sulfide) groups is 2. The third-order valence-corrected chi connectivity index (χ3v) is 9.93. The number of rotatable bonds is 17. The summed E-state index contributed by atoms with van der Waals surface area (Å²) in [5, 5.41) is 2.28. The molecule has 0 radical (unpaired) electrons. The third kappa shape index (κ3) is 12.4. The number of hydrogen-bond donors (Lipinski definition) is 0. The van der Waals surface area contributed by atoms with Crippen LogP contribution in [0.15, 0.2) is 44.4 Å². The van der Waals surface area contributed by atoms with Gasteiger partial charge in [-0.1, -0.05) is 57.8 Å². The Morgan fingerprint density at radius 2 is 1.04 bits per heavy atom. The summed E-state index contributed by atoms with van der Waals surface area (Å²) in [6.45, 7) is 11.4. The van der Waals surface area contributed by atoms with Crippen molar-refractivity contribution in [2.45, 2.75) is 70.1 Å². The number of nitrogens with zero attached hydrogens (tertiary/aromatic N) is 2. The van der Waals surface area contributed by atoms with Crippen molar-refractivity contribution in [1.82, 2.24) is 10.0 Å². The zero-order valence-electron chi connectivity index (χ0n) is 30.5. The Bertz CT molecular complexity index is 1700. The standard InChI is InChI=1S/C35H42N2O14S2/c1-9-23(39)47-17-35(5,6)19-49-25(41)13-15-27(43)51-22-11-10-21(29-30(22)53-33(52-29)28-31(44)36(7)37(8)32(28)45)50-26(42)14-12-24(40)48-18-34(3,4)16-46-20(2)38/h9-11H,1,12-19H2,2-8H3. The lowest BCUT2D eigenvalue weighted by molar-refractivity contribution is -0.153. The average molecular weight is 779 g/mol. The van der Waals surface area contributed by atoms with E-state index >= 15 is 0 Å². The van der Waals surface area contributed by atoms with Crippen LogP contribution >= 0.6 is 23.5 Å². The van der Waals surface area contributed by atoms with Crippen molar-refractivity contribution in [3.63, 3.8) is 0 Å². The normalized spacial score (nSPS) is 14.1. The highest BCUT2D eigenvalue weighted by Gasteiger charge is 2.42. The number of amides is 2. The van der Waals surface area contributed by atoms with E-state index in [1.54, 1.807) is 27.7 Å². The molecule has 0 N–H and O–H groups in total. The molecule has 1 fully saturated rings. The van der Waals surface area contributed by atoms with Gasteiger partial charge in [-0.25, -0.2) is 4.79 Å². The van der Waals surface area contributed by atoms with E-state index < -0.39 is 58.5 Å². The molecule has 53 heavy (non-hydrogen) atoms. The number of fused-ring (bicyclic) bond motifs is 1. The molecule has 2 aliphatic heterocycles. The van der Waals surface area contributed by atoms with Crippen molar-refractivity contribution < 1.29 is 66.8 Å². The first-order valence-electron chi connectivity index (χ1n) is 16.2. The number of likely N-dealkylation sites (N-methyl/N-ethyl adjacent to an activating group) is 2. The lowest BCUT2D eigenvalue weighted by atomic mass is 9.96. The van der Waals surface area contributed by atoms with E-state index in [0.29, 0.717) is 0 Å². The molecule has 0 aliphatic carbocycles. The van der Waals surface area contributed by atoms with Gasteiger partial charge in [0.15, 0.2) is 0 Å². The molecule has 2 amide bonds. The Kier molecular flexibility index (Phi) is 14.7. The van der Waals surface area contributed by atoms with Crippen LogP contribution in [-0.4, -0.2) is 98.2 Å². The second kappa shape index (κ2) is 18.3. The molecule has 1 saturated heterocycles. The lowest BCUT2D eigenvalue weighted by Gasteiger charge is -2.23. The largest absolute Gasteiger partial charge is 0.465 e. The minimum atomic E-state index is -0.790. The van der Waals surface area contributed by atoms with E-state index in [9.17, 15) is 38.4 Å². The van der Waals surface area contributed by atoms with E-state index in [1.807, 2.05) is 0 Å². The summed E-state index contributed by atoms with van der Waals surface area (Å²) >= 11 is 1.94. The molecule has 2 aliphatic rings. The second-order valence-corrected chi connectivity index (χ2v) is 15.7. The van der Waals surface area contributed by atoms with Crippen molar-refractivity contribution in [2.75, 3.05) is 40.5 Å². The summed E-state index contributed by atoms with van der Waals surface area (Å²) in [5.41, 5.74) is -1.47. The highest BCUT2D eigenvalue weighted by Crippen LogP contribution is 2.59. The maximum Gasteiger partial charge on any atom is 0.330 e. The van der Waals surface area contributed by atoms with E-state index in [-0.39, 0.29) is 83.2 Å². The molecule has 288 valence electrons. The van der Waals surface area contributed by atoms with Crippen molar-refractivity contribution >= 4 is 71.2 Å². The van der Waals surface area contributed by atoms with Crippen LogP contribution in [0.3, 0.4) is 0 Å². The van der Waals surface area contributed by atoms with Crippen molar-refractivity contribution in [3.05, 3.63) is 34.6 Å². The fraction of sp³-hybridized carbons (Fsp3) is 0.486. The van der Waals surface area contributed by atoms with Gasteiger partial charge in [0.05, 0.1) is 66.1 Å². The minimum Gasteiger partial charge on any atom is -0.465 e. The number of carbonyl (C=O) groups is 8. The van der Waals surface area contributed by atoms with Crippen LogP contribution in [0.2, 0.25) is 0 Å². The summed E-state index contributed by atoms with van der Waals surface area (Å²) in [4.78, 5) is 99.3. The van der Waals surface area contributed by atoms with Gasteiger partial charge in [-0.15, -0.1) is 0 Å². The molecule has 0 aromatic heterocycles. The number of esters is 6. The Balaban J connectivity index is 1.69. The molecular weight excluding hydrogens is 737 g/mol. The molecule has 0 atom stereocenters. The highest BCUT2D eigenvalue weighted by molar-refractivity contribution is 8.25. The van der Waals surface area contributed by atoms with Crippen molar-refractivity contribution in [2.24, 2.45) is 10.8 Å². The van der Waals surface area contributed by atoms with Gasteiger partial charge >= 0.3 is 35.8 Å². The topological polar surface area (TPSA) is 198 Å². The van der Waals surface area contributed by atoms with Gasteiger partial charge in [0, 0.05) is 37.9 Å². The molecule has 16 nitrogen and oxygen atoms in total. The molecule has 1 aromatic carbocycles. The summed E-state index contributed by atoms with van der Waals surface area (Å²) in [6.07, 6.45) is -0.302. The minimum absolute atomic E-state index is 0.0214. The van der Waals surface area contributed by atoms with E-state index in [4.69, 9.17) is 28.4 Å². The molecule has 3 rings (SSSR count). The Morgan fingerprint density at radius 3 is 1.43 bits per heavy atom. The molecule has 0 saturated carbocycles. The number of ether oxygens (including phenoxy) is 6. The zero-order chi connectivity index (χ0) is 39.7. The second-order valence-electron chi connectivity index (χ2n) is 13.4. The SMILES string of the molecule is C=CC(=O)OCC(C)(C)COC(=O)CCC(=O)Oc1ccc(OC(=O)CCC(=O)OCC(C)(C)COC(C)=O)c2c1SC(=C1C(=O)N(C)N(C)C1=O)S2. The summed E-state index contributed by atoms with van der Waals surface area (Å²) < 4.78 is 31.9. The summed E-state index contributed by atoms with van der Waals surface area (Å²) in [7, 11) is 2.86. The summed E-state index contributed by atoms with van der Waals surface area (Å²) in [6, 6.07) is 2.73. The molecule has 0 unspecified atom stereocenters. The molecule has 1 aromatic rings. The van der Waals surface area contributed by atoms with E-state index in [0.717, 1.165) is 39.6 Å². The van der Waals surface area contributed by atoms with Crippen LogP contribution in [-0.2, 0) is 57.3 Å². The quantitative estimate of drug-likeness (QED) is 0.0728. The van der Waals surface area contributed by atoms with Gasteiger partial charge in [-0.2, -0.15) is 0 Å². The van der Waals surface area contributed by atoms with Gasteiger partial charge in [-0.3, -0.25) is 43.6 Å². The fourth-order valence-corrected chi connectivity index (χ4v) is 6.86. The molecule has 0 bridgehead atoms. The number of hydrazine groups is 1. The van der Waals surface area contributed by atoms with Crippen LogP contribution in [0.5, 0.6) is 11.5 Å². The lowest BCUT2D eigenvalue weighted by Crippen LogP contribution is -2.33. The number of hydrogen-bond acceptors (Lipinski definition) is 16. The van der Waals surface area contributed by atoms with Crippen LogP contribution in [0.4, 0.5) is 0 Å². The fourth-order valence-electron chi connectivity index (χ4n) is 4.21. The molecule has 2 heterocycles. The molecule has 18 heteroatoms. The van der Waals surface area contributed by atoms with Crippen LogP contribution in [0.1, 0.15) is 60.3 Å².